The Kier molecular flexibility index (Phi) is 6.71. The summed E-state index contributed by atoms with van der Waals surface area (Å²) < 4.78 is 7.97. The van der Waals surface area contributed by atoms with Crippen LogP contribution in [0.4, 0.5) is 0 Å². The van der Waals surface area contributed by atoms with E-state index in [0.717, 1.165) is 26.0 Å². The maximum atomic E-state index is 5.78. The highest BCUT2D eigenvalue weighted by molar-refractivity contribution is 5.03. The highest BCUT2D eigenvalue weighted by Gasteiger charge is 2.18. The predicted molar refractivity (Wildman–Crippen MR) is 86.6 cm³/mol. The highest BCUT2D eigenvalue weighted by atomic mass is 16.5. The summed E-state index contributed by atoms with van der Waals surface area (Å²) >= 11 is 0. The Bertz CT molecular complexity index is 396. The molecule has 1 fully saturated rings. The molecule has 0 aliphatic heterocycles. The van der Waals surface area contributed by atoms with E-state index in [9.17, 15) is 0 Å². The van der Waals surface area contributed by atoms with Crippen LogP contribution in [0.2, 0.25) is 0 Å². The molecule has 120 valence electrons. The van der Waals surface area contributed by atoms with Gasteiger partial charge in [-0.25, -0.2) is 0 Å². The molecule has 21 heavy (non-hydrogen) atoms. The molecule has 0 amide bonds. The molecule has 0 aromatic carbocycles. The van der Waals surface area contributed by atoms with E-state index in [1.54, 1.807) is 0 Å². The molecular formula is C17H31N3O. The second-order valence-corrected chi connectivity index (χ2v) is 6.46. The lowest BCUT2D eigenvalue weighted by Gasteiger charge is -2.19. The van der Waals surface area contributed by atoms with Gasteiger partial charge < -0.3 is 10.1 Å². The molecule has 1 aromatic heterocycles. The molecule has 1 unspecified atom stereocenters. The van der Waals surface area contributed by atoms with E-state index in [0.29, 0.717) is 12.1 Å². The summed E-state index contributed by atoms with van der Waals surface area (Å²) in [6.45, 7) is 8.17. The first kappa shape index (κ1) is 16.5. The minimum atomic E-state index is 0.284. The van der Waals surface area contributed by atoms with Crippen molar-refractivity contribution in [3.8, 4) is 0 Å². The second-order valence-electron chi connectivity index (χ2n) is 6.46. The Morgan fingerprint density at radius 3 is 2.81 bits per heavy atom. The number of rotatable bonds is 9. The number of hydrogen-bond acceptors (Lipinski definition) is 3. The molecule has 4 nitrogen and oxygen atoms in total. The molecule has 1 aliphatic carbocycles. The third-order valence-corrected chi connectivity index (χ3v) is 4.13. The van der Waals surface area contributed by atoms with Crippen molar-refractivity contribution in [1.29, 1.82) is 0 Å². The van der Waals surface area contributed by atoms with Crippen LogP contribution in [0.3, 0.4) is 0 Å². The number of ether oxygens (including phenoxy) is 1. The van der Waals surface area contributed by atoms with Crippen molar-refractivity contribution < 1.29 is 4.74 Å². The molecule has 1 saturated carbocycles. The molecule has 2 rings (SSSR count). The molecule has 1 N–H and O–H groups in total. The number of nitrogens with zero attached hydrogens (tertiary/aromatic N) is 2. The van der Waals surface area contributed by atoms with Crippen LogP contribution in [-0.4, -0.2) is 35.1 Å². The Hall–Kier alpha value is -0.870. The van der Waals surface area contributed by atoms with E-state index < -0.39 is 0 Å². The van der Waals surface area contributed by atoms with Crippen LogP contribution >= 0.6 is 0 Å². The van der Waals surface area contributed by atoms with Crippen LogP contribution in [0.15, 0.2) is 12.3 Å². The van der Waals surface area contributed by atoms with Gasteiger partial charge in [-0.15, -0.1) is 0 Å². The predicted octanol–water partition coefficient (Wildman–Crippen LogP) is 3.33. The summed E-state index contributed by atoms with van der Waals surface area (Å²) in [6, 6.07) is 3.17. The lowest BCUT2D eigenvalue weighted by Crippen LogP contribution is -2.37. The highest BCUT2D eigenvalue weighted by Crippen LogP contribution is 2.28. The van der Waals surface area contributed by atoms with Crippen molar-refractivity contribution in [1.82, 2.24) is 15.1 Å². The van der Waals surface area contributed by atoms with Crippen LogP contribution in [-0.2, 0) is 11.2 Å². The molecule has 1 aliphatic rings. The maximum Gasteiger partial charge on any atom is 0.0641 e. The quantitative estimate of drug-likeness (QED) is 0.759. The number of nitrogens with one attached hydrogen (secondary N) is 1. The van der Waals surface area contributed by atoms with Gasteiger partial charge in [-0.05, 0) is 45.7 Å². The molecule has 1 aromatic rings. The van der Waals surface area contributed by atoms with Crippen LogP contribution in [0.5, 0.6) is 0 Å². The van der Waals surface area contributed by atoms with Crippen molar-refractivity contribution in [2.75, 3.05) is 13.2 Å². The normalized spacial score (nSPS) is 17.7. The first-order valence-electron chi connectivity index (χ1n) is 8.58. The Morgan fingerprint density at radius 2 is 2.14 bits per heavy atom. The van der Waals surface area contributed by atoms with E-state index in [2.05, 4.69) is 43.0 Å². The largest absolute Gasteiger partial charge is 0.377 e. The van der Waals surface area contributed by atoms with Crippen molar-refractivity contribution >= 4 is 0 Å². The van der Waals surface area contributed by atoms with Crippen LogP contribution in [0.1, 0.15) is 64.6 Å². The first-order valence-corrected chi connectivity index (χ1v) is 8.58. The molecule has 0 spiro atoms. The molecule has 0 bridgehead atoms. The zero-order valence-corrected chi connectivity index (χ0v) is 13.8. The van der Waals surface area contributed by atoms with Crippen molar-refractivity contribution in [2.45, 2.75) is 77.5 Å². The van der Waals surface area contributed by atoms with Crippen LogP contribution in [0.25, 0.3) is 0 Å². The molecule has 1 heterocycles. The third kappa shape index (κ3) is 5.44. The summed E-state index contributed by atoms with van der Waals surface area (Å²) in [5, 5.41) is 8.37. The van der Waals surface area contributed by atoms with Gasteiger partial charge in [0.25, 0.3) is 0 Å². The molecular weight excluding hydrogens is 262 g/mol. The Labute approximate surface area is 129 Å². The summed E-state index contributed by atoms with van der Waals surface area (Å²) in [5.41, 5.74) is 1.18. The second kappa shape index (κ2) is 8.54. The van der Waals surface area contributed by atoms with Crippen LogP contribution < -0.4 is 5.32 Å². The molecule has 1 atom stereocenters. The Morgan fingerprint density at radius 1 is 1.38 bits per heavy atom. The lowest BCUT2D eigenvalue weighted by atomic mass is 10.1. The van der Waals surface area contributed by atoms with Crippen molar-refractivity contribution in [3.63, 3.8) is 0 Å². The smallest absolute Gasteiger partial charge is 0.0641 e. The number of hydrogen-bond donors (Lipinski definition) is 1. The van der Waals surface area contributed by atoms with E-state index in [1.165, 1.54) is 31.4 Å². The molecule has 4 heteroatoms. The van der Waals surface area contributed by atoms with E-state index in [-0.39, 0.29) is 6.10 Å². The van der Waals surface area contributed by atoms with Gasteiger partial charge in [0.1, 0.15) is 0 Å². The number of aromatic nitrogens is 2. The molecule has 0 radical (unpaired) electrons. The van der Waals surface area contributed by atoms with E-state index in [4.69, 9.17) is 9.84 Å². The van der Waals surface area contributed by atoms with Gasteiger partial charge in [-0.2, -0.15) is 5.10 Å². The lowest BCUT2D eigenvalue weighted by molar-refractivity contribution is 0.0611. The van der Waals surface area contributed by atoms with E-state index >= 15 is 0 Å². The van der Waals surface area contributed by atoms with Crippen molar-refractivity contribution in [2.24, 2.45) is 0 Å². The summed E-state index contributed by atoms with van der Waals surface area (Å²) in [6.07, 6.45) is 9.81. The average molecular weight is 293 g/mol. The van der Waals surface area contributed by atoms with Gasteiger partial charge in [0.15, 0.2) is 0 Å². The fourth-order valence-electron chi connectivity index (χ4n) is 2.96. The fraction of sp³-hybridized carbons (Fsp3) is 0.824. The van der Waals surface area contributed by atoms with Crippen LogP contribution in [0, 0.1) is 0 Å². The van der Waals surface area contributed by atoms with Crippen molar-refractivity contribution in [3.05, 3.63) is 18.0 Å². The van der Waals surface area contributed by atoms with Gasteiger partial charge in [-0.3, -0.25) is 4.68 Å². The van der Waals surface area contributed by atoms with Gasteiger partial charge in [0.2, 0.25) is 0 Å². The monoisotopic (exact) mass is 293 g/mol. The zero-order valence-electron chi connectivity index (χ0n) is 13.8. The summed E-state index contributed by atoms with van der Waals surface area (Å²) in [5.74, 6) is 0. The summed E-state index contributed by atoms with van der Waals surface area (Å²) in [4.78, 5) is 0. The van der Waals surface area contributed by atoms with Gasteiger partial charge in [-0.1, -0.05) is 19.8 Å². The zero-order chi connectivity index (χ0) is 15.1. The van der Waals surface area contributed by atoms with Gasteiger partial charge >= 0.3 is 0 Å². The topological polar surface area (TPSA) is 39.1 Å². The minimum Gasteiger partial charge on any atom is -0.377 e. The van der Waals surface area contributed by atoms with Gasteiger partial charge in [0.05, 0.1) is 24.4 Å². The van der Waals surface area contributed by atoms with Gasteiger partial charge in [0, 0.05) is 18.7 Å². The van der Waals surface area contributed by atoms with E-state index in [1.807, 2.05) is 0 Å². The maximum absolute atomic E-state index is 5.78. The first-order chi connectivity index (χ1) is 10.2. The minimum absolute atomic E-state index is 0.284. The Balaban J connectivity index is 1.88. The average Bonchev–Trinajstić information content (AvgIpc) is 3.12. The fourth-order valence-corrected chi connectivity index (χ4v) is 2.96. The third-order valence-electron chi connectivity index (χ3n) is 4.13. The summed E-state index contributed by atoms with van der Waals surface area (Å²) in [7, 11) is 0. The standard InChI is InChI=1S/C17H31N3O/c1-4-10-18-16(13-21-14(2)3)12-15-9-11-20(19-15)17-7-5-6-8-17/h9,11,14,16-18H,4-8,10,12-13H2,1-3H3. The SMILES string of the molecule is CCCNC(COC(C)C)Cc1ccn(C2CCCC2)n1. The molecule has 0 saturated heterocycles.